The third-order valence-electron chi connectivity index (χ3n) is 5.00. The third kappa shape index (κ3) is 5.90. The largest absolute Gasteiger partial charge is 0.483 e. The van der Waals surface area contributed by atoms with Crippen molar-refractivity contribution in [1.29, 1.82) is 0 Å². The zero-order valence-corrected chi connectivity index (χ0v) is 19.6. The Morgan fingerprint density at radius 3 is 2.51 bits per heavy atom. The monoisotopic (exact) mass is 541 g/mol. The van der Waals surface area contributed by atoms with Crippen molar-refractivity contribution in [3.05, 3.63) is 99.7 Å². The van der Waals surface area contributed by atoms with Crippen molar-refractivity contribution >= 4 is 45.5 Å². The molecule has 35 heavy (non-hydrogen) atoms. The van der Waals surface area contributed by atoms with E-state index >= 15 is 0 Å². The van der Waals surface area contributed by atoms with Gasteiger partial charge in [0, 0.05) is 11.3 Å². The molecular formula is C25H18BrF2N3O4. The normalized spacial score (nSPS) is 14.3. The molecule has 0 atom stereocenters. The molecule has 4 rings (SSSR count). The minimum Gasteiger partial charge on any atom is -0.483 e. The summed E-state index contributed by atoms with van der Waals surface area (Å²) in [6, 6.07) is 15.5. The number of rotatable bonds is 7. The van der Waals surface area contributed by atoms with Gasteiger partial charge >= 0.3 is 6.03 Å². The Balaban J connectivity index is 1.39. The van der Waals surface area contributed by atoms with Crippen LogP contribution in [0.3, 0.4) is 0 Å². The van der Waals surface area contributed by atoms with Gasteiger partial charge in [0.2, 0.25) is 0 Å². The van der Waals surface area contributed by atoms with Gasteiger partial charge in [-0.15, -0.1) is 0 Å². The summed E-state index contributed by atoms with van der Waals surface area (Å²) in [5.41, 5.74) is 1.29. The molecular weight excluding hydrogens is 524 g/mol. The van der Waals surface area contributed by atoms with Crippen molar-refractivity contribution in [2.45, 2.75) is 6.54 Å². The summed E-state index contributed by atoms with van der Waals surface area (Å²) in [7, 11) is 0. The fraction of sp³-hybridized carbons (Fsp3) is 0.0800. The van der Waals surface area contributed by atoms with Crippen LogP contribution >= 0.6 is 15.9 Å². The zero-order chi connectivity index (χ0) is 24.9. The quantitative estimate of drug-likeness (QED) is 0.331. The predicted molar refractivity (Wildman–Crippen MR) is 128 cm³/mol. The van der Waals surface area contributed by atoms with E-state index in [0.29, 0.717) is 21.5 Å². The number of halogens is 3. The second-order valence-electron chi connectivity index (χ2n) is 7.50. The van der Waals surface area contributed by atoms with Crippen LogP contribution in [0.15, 0.2) is 76.9 Å². The number of carbonyl (C=O) groups excluding carboxylic acids is 3. The lowest BCUT2D eigenvalue weighted by Gasteiger charge is -2.12. The summed E-state index contributed by atoms with van der Waals surface area (Å²) < 4.78 is 32.9. The Morgan fingerprint density at radius 1 is 1.06 bits per heavy atom. The number of ether oxygens (including phenoxy) is 1. The van der Waals surface area contributed by atoms with E-state index in [0.717, 1.165) is 4.90 Å². The smallest absolute Gasteiger partial charge is 0.329 e. The number of nitrogens with zero attached hydrogens (tertiary/aromatic N) is 1. The fourth-order valence-corrected chi connectivity index (χ4v) is 3.79. The highest BCUT2D eigenvalue weighted by Crippen LogP contribution is 2.28. The molecule has 0 aliphatic carbocycles. The molecule has 2 N–H and O–H groups in total. The van der Waals surface area contributed by atoms with E-state index in [-0.39, 0.29) is 24.4 Å². The third-order valence-corrected chi connectivity index (χ3v) is 5.62. The number of hydrogen-bond acceptors (Lipinski definition) is 4. The van der Waals surface area contributed by atoms with Crippen molar-refractivity contribution in [2.24, 2.45) is 0 Å². The predicted octanol–water partition coefficient (Wildman–Crippen LogP) is 4.84. The van der Waals surface area contributed by atoms with Gasteiger partial charge in [-0.3, -0.25) is 14.5 Å². The first-order chi connectivity index (χ1) is 16.8. The van der Waals surface area contributed by atoms with E-state index < -0.39 is 29.5 Å². The average molecular weight is 542 g/mol. The zero-order valence-electron chi connectivity index (χ0n) is 18.1. The highest BCUT2D eigenvalue weighted by atomic mass is 79.9. The Morgan fingerprint density at radius 2 is 1.80 bits per heavy atom. The molecule has 1 aliphatic rings. The summed E-state index contributed by atoms with van der Waals surface area (Å²) in [5.74, 6) is -1.54. The van der Waals surface area contributed by atoms with Crippen LogP contribution in [0.1, 0.15) is 11.1 Å². The summed E-state index contributed by atoms with van der Waals surface area (Å²) >= 11 is 3.36. The summed E-state index contributed by atoms with van der Waals surface area (Å²) in [6.07, 6.45) is 1.48. The number of benzene rings is 3. The number of imide groups is 1. The molecule has 0 unspecified atom stereocenters. The lowest BCUT2D eigenvalue weighted by molar-refractivity contribution is -0.123. The lowest BCUT2D eigenvalue weighted by Crippen LogP contribution is -2.30. The number of anilines is 1. The number of urea groups is 1. The first kappa shape index (κ1) is 24.1. The Bertz CT molecular complexity index is 1330. The highest BCUT2D eigenvalue weighted by Gasteiger charge is 2.34. The molecule has 3 aromatic carbocycles. The molecule has 1 heterocycles. The van der Waals surface area contributed by atoms with Gasteiger partial charge in [0.15, 0.2) is 6.61 Å². The van der Waals surface area contributed by atoms with Crippen LogP contribution in [-0.4, -0.2) is 29.4 Å². The second kappa shape index (κ2) is 10.5. The van der Waals surface area contributed by atoms with E-state index in [1.54, 1.807) is 24.3 Å². The molecule has 10 heteroatoms. The molecule has 7 nitrogen and oxygen atoms in total. The first-order valence-electron chi connectivity index (χ1n) is 10.4. The topological polar surface area (TPSA) is 87.7 Å². The van der Waals surface area contributed by atoms with E-state index in [2.05, 4.69) is 26.6 Å². The molecule has 1 saturated heterocycles. The van der Waals surface area contributed by atoms with Gasteiger partial charge < -0.3 is 15.4 Å². The van der Waals surface area contributed by atoms with Gasteiger partial charge in [-0.05, 0) is 70.0 Å². The molecule has 3 aromatic rings. The maximum Gasteiger partial charge on any atom is 0.329 e. The number of nitrogens with one attached hydrogen (secondary N) is 2. The van der Waals surface area contributed by atoms with Gasteiger partial charge in [-0.1, -0.05) is 24.3 Å². The molecule has 4 amide bonds. The Hall–Kier alpha value is -4.05. The molecule has 1 fully saturated rings. The van der Waals surface area contributed by atoms with Gasteiger partial charge in [-0.2, -0.15) is 0 Å². The average Bonchev–Trinajstić information content (AvgIpc) is 3.08. The molecule has 0 spiro atoms. The van der Waals surface area contributed by atoms with Gasteiger partial charge in [0.05, 0.1) is 11.0 Å². The minimum atomic E-state index is -0.643. The molecule has 0 radical (unpaired) electrons. The van der Waals surface area contributed by atoms with E-state index in [9.17, 15) is 23.2 Å². The summed E-state index contributed by atoms with van der Waals surface area (Å²) in [4.78, 5) is 37.9. The minimum absolute atomic E-state index is 0.0468. The van der Waals surface area contributed by atoms with Crippen molar-refractivity contribution in [3.63, 3.8) is 0 Å². The number of amides is 4. The van der Waals surface area contributed by atoms with Crippen LogP contribution in [0.5, 0.6) is 5.75 Å². The van der Waals surface area contributed by atoms with Gasteiger partial charge in [0.1, 0.15) is 23.1 Å². The van der Waals surface area contributed by atoms with Crippen LogP contribution in [0.2, 0.25) is 0 Å². The maximum atomic E-state index is 13.9. The van der Waals surface area contributed by atoms with Crippen LogP contribution < -0.4 is 15.4 Å². The van der Waals surface area contributed by atoms with E-state index in [1.165, 1.54) is 48.5 Å². The lowest BCUT2D eigenvalue weighted by atomic mass is 10.1. The molecule has 1 aliphatic heterocycles. The standard InChI is InChI=1S/C25H18BrF2N3O4/c26-19-11-15(5-10-22(19)35-14-23(32)29-18-8-6-17(27)7-9-18)12-21-24(33)31(25(34)30-21)13-16-3-1-2-4-20(16)28/h1-12H,13-14H2,(H,29,32)(H,30,34)/b21-12+. The first-order valence-corrected chi connectivity index (χ1v) is 11.1. The summed E-state index contributed by atoms with van der Waals surface area (Å²) in [5, 5.41) is 5.09. The number of hydrogen-bond donors (Lipinski definition) is 2. The van der Waals surface area contributed by atoms with Crippen LogP contribution in [0, 0.1) is 11.6 Å². The van der Waals surface area contributed by atoms with E-state index in [4.69, 9.17) is 4.74 Å². The van der Waals surface area contributed by atoms with Crippen molar-refractivity contribution in [3.8, 4) is 5.75 Å². The van der Waals surface area contributed by atoms with Crippen LogP contribution in [-0.2, 0) is 16.1 Å². The fourth-order valence-electron chi connectivity index (χ4n) is 3.28. The van der Waals surface area contributed by atoms with Crippen molar-refractivity contribution < 1.29 is 27.9 Å². The summed E-state index contributed by atoms with van der Waals surface area (Å²) in [6.45, 7) is -0.471. The highest BCUT2D eigenvalue weighted by molar-refractivity contribution is 9.10. The van der Waals surface area contributed by atoms with Crippen molar-refractivity contribution in [2.75, 3.05) is 11.9 Å². The second-order valence-corrected chi connectivity index (χ2v) is 8.36. The number of carbonyl (C=O) groups is 3. The SMILES string of the molecule is O=C(COc1ccc(/C=C2/NC(=O)N(Cc3ccccc3F)C2=O)cc1Br)Nc1ccc(F)cc1. The van der Waals surface area contributed by atoms with Gasteiger partial charge in [0.25, 0.3) is 11.8 Å². The molecule has 0 bridgehead atoms. The maximum absolute atomic E-state index is 13.9. The van der Waals surface area contributed by atoms with Crippen LogP contribution in [0.4, 0.5) is 19.3 Å². The van der Waals surface area contributed by atoms with Crippen molar-refractivity contribution in [1.82, 2.24) is 10.2 Å². The van der Waals surface area contributed by atoms with E-state index in [1.807, 2.05) is 0 Å². The Kier molecular flexibility index (Phi) is 7.21. The van der Waals surface area contributed by atoms with Crippen LogP contribution in [0.25, 0.3) is 6.08 Å². The molecule has 0 saturated carbocycles. The molecule has 0 aromatic heterocycles. The van der Waals surface area contributed by atoms with Gasteiger partial charge in [-0.25, -0.2) is 13.6 Å². The molecule has 178 valence electrons. The Labute approximate surface area is 207 Å².